The minimum Gasteiger partial charge on any atom is -0.479 e. The number of hydrogen-bond donors (Lipinski definition) is 3. The van der Waals surface area contributed by atoms with E-state index in [0.717, 1.165) is 6.07 Å². The lowest BCUT2D eigenvalue weighted by atomic mass is 10.2. The van der Waals surface area contributed by atoms with Crippen molar-refractivity contribution in [2.45, 2.75) is 12.5 Å². The van der Waals surface area contributed by atoms with Gasteiger partial charge in [0.2, 0.25) is 0 Å². The highest BCUT2D eigenvalue weighted by Crippen LogP contribution is 2.15. The first-order valence-electron chi connectivity index (χ1n) is 5.06. The van der Waals surface area contributed by atoms with Crippen LogP contribution < -0.4 is 5.32 Å². The fourth-order valence-electron chi connectivity index (χ4n) is 1.19. The zero-order chi connectivity index (χ0) is 13.7. The van der Waals surface area contributed by atoms with Crippen LogP contribution in [0.25, 0.3) is 0 Å². The second-order valence-corrected chi connectivity index (χ2v) is 3.93. The van der Waals surface area contributed by atoms with E-state index in [9.17, 15) is 14.0 Å². The van der Waals surface area contributed by atoms with Crippen molar-refractivity contribution in [1.29, 1.82) is 0 Å². The number of rotatable bonds is 5. The first-order chi connectivity index (χ1) is 8.41. The van der Waals surface area contributed by atoms with Gasteiger partial charge in [-0.05, 0) is 18.2 Å². The van der Waals surface area contributed by atoms with Crippen LogP contribution in [0.5, 0.6) is 0 Å². The monoisotopic (exact) mass is 275 g/mol. The van der Waals surface area contributed by atoms with Gasteiger partial charge in [0.1, 0.15) is 5.82 Å². The fourth-order valence-corrected chi connectivity index (χ4v) is 1.30. The number of nitrogens with one attached hydrogen (secondary N) is 1. The number of benzene rings is 1. The molecule has 1 amide bonds. The first kappa shape index (κ1) is 14.4. The molecule has 0 radical (unpaired) electrons. The van der Waals surface area contributed by atoms with Crippen molar-refractivity contribution in [3.63, 3.8) is 0 Å². The highest BCUT2D eigenvalue weighted by Gasteiger charge is 2.14. The number of carboxylic acid groups (broad SMARTS) is 1. The lowest BCUT2D eigenvalue weighted by Crippen LogP contribution is -2.30. The van der Waals surface area contributed by atoms with Gasteiger partial charge in [-0.3, -0.25) is 4.79 Å². The molecule has 0 heterocycles. The summed E-state index contributed by atoms with van der Waals surface area (Å²) in [6, 6.07) is 3.57. The van der Waals surface area contributed by atoms with E-state index in [1.807, 2.05) is 0 Å². The lowest BCUT2D eigenvalue weighted by molar-refractivity contribution is -0.146. The van der Waals surface area contributed by atoms with Gasteiger partial charge in [-0.15, -0.1) is 0 Å². The Labute approximate surface area is 107 Å². The fraction of sp³-hybridized carbons (Fsp3) is 0.273. The van der Waals surface area contributed by atoms with E-state index in [0.29, 0.717) is 0 Å². The first-order valence-corrected chi connectivity index (χ1v) is 5.43. The predicted molar refractivity (Wildman–Crippen MR) is 62.0 cm³/mol. The number of carbonyl (C=O) groups is 2. The number of aliphatic hydroxyl groups excluding tert-OH is 1. The molecule has 7 heteroatoms. The third-order valence-corrected chi connectivity index (χ3v) is 2.48. The number of hydrogen-bond acceptors (Lipinski definition) is 3. The highest BCUT2D eigenvalue weighted by atomic mass is 35.5. The minimum atomic E-state index is -1.53. The van der Waals surface area contributed by atoms with E-state index in [2.05, 4.69) is 5.32 Å². The van der Waals surface area contributed by atoms with E-state index >= 15 is 0 Å². The maximum Gasteiger partial charge on any atom is 0.332 e. The molecule has 0 fully saturated rings. The molecular formula is C11H11ClFNO4. The normalized spacial score (nSPS) is 11.9. The van der Waals surface area contributed by atoms with Crippen LogP contribution >= 0.6 is 11.6 Å². The smallest absolute Gasteiger partial charge is 0.332 e. The van der Waals surface area contributed by atoms with Crippen molar-refractivity contribution in [3.05, 3.63) is 34.6 Å². The van der Waals surface area contributed by atoms with Gasteiger partial charge in [0, 0.05) is 18.5 Å². The van der Waals surface area contributed by atoms with E-state index in [1.54, 1.807) is 0 Å². The van der Waals surface area contributed by atoms with Gasteiger partial charge in [-0.2, -0.15) is 0 Å². The number of aliphatic carboxylic acids is 1. The molecule has 0 spiro atoms. The number of halogens is 2. The number of amides is 1. The molecular weight excluding hydrogens is 265 g/mol. The van der Waals surface area contributed by atoms with Crippen molar-refractivity contribution in [2.24, 2.45) is 0 Å². The van der Waals surface area contributed by atoms with Gasteiger partial charge >= 0.3 is 5.97 Å². The molecule has 1 rings (SSSR count). The Hall–Kier alpha value is -1.66. The van der Waals surface area contributed by atoms with E-state index in [4.69, 9.17) is 21.8 Å². The summed E-state index contributed by atoms with van der Waals surface area (Å²) in [4.78, 5) is 21.8. The molecule has 98 valence electrons. The quantitative estimate of drug-likeness (QED) is 0.749. The Morgan fingerprint density at radius 3 is 2.67 bits per heavy atom. The van der Waals surface area contributed by atoms with Crippen molar-refractivity contribution >= 4 is 23.5 Å². The number of aliphatic hydroxyl groups is 1. The average Bonchev–Trinajstić information content (AvgIpc) is 2.32. The van der Waals surface area contributed by atoms with Gasteiger partial charge in [0.25, 0.3) is 5.91 Å². The molecule has 0 aliphatic carbocycles. The molecule has 0 aliphatic rings. The number of carboxylic acids is 1. The molecule has 0 bridgehead atoms. The summed E-state index contributed by atoms with van der Waals surface area (Å²) < 4.78 is 13.1. The maximum atomic E-state index is 13.1. The molecule has 0 unspecified atom stereocenters. The van der Waals surface area contributed by atoms with E-state index in [-0.39, 0.29) is 23.6 Å². The Kier molecular flexibility index (Phi) is 5.06. The minimum absolute atomic E-state index is 0.0312. The third kappa shape index (κ3) is 3.97. The summed E-state index contributed by atoms with van der Waals surface area (Å²) in [6.07, 6.45) is -1.66. The van der Waals surface area contributed by atoms with E-state index < -0.39 is 23.8 Å². The molecule has 1 aromatic rings. The third-order valence-electron chi connectivity index (χ3n) is 2.17. The molecule has 1 atom stereocenters. The van der Waals surface area contributed by atoms with Crippen LogP contribution in [0.1, 0.15) is 16.8 Å². The molecule has 0 aliphatic heterocycles. The zero-order valence-electron chi connectivity index (χ0n) is 9.19. The largest absolute Gasteiger partial charge is 0.479 e. The predicted octanol–water partition coefficient (Wildman–Crippen LogP) is 1.04. The van der Waals surface area contributed by atoms with Crippen LogP contribution in [0.15, 0.2) is 18.2 Å². The zero-order valence-corrected chi connectivity index (χ0v) is 9.95. The molecule has 5 nitrogen and oxygen atoms in total. The summed E-state index contributed by atoms with van der Waals surface area (Å²) in [5.74, 6) is -2.64. The number of carbonyl (C=O) groups excluding carboxylic acids is 1. The molecule has 1 aromatic carbocycles. The molecule has 0 saturated carbocycles. The van der Waals surface area contributed by atoms with Gasteiger partial charge < -0.3 is 15.5 Å². The van der Waals surface area contributed by atoms with Crippen molar-refractivity contribution in [2.75, 3.05) is 6.54 Å². The maximum absolute atomic E-state index is 13.1. The standard InChI is InChI=1S/C11H11ClFNO4/c12-7-2-1-6(5-8(7)13)10(16)14-4-3-9(15)11(17)18/h1-2,5,9,15H,3-4H2,(H,14,16)(H,17,18)/t9-/m0/s1. The van der Waals surface area contributed by atoms with Crippen molar-refractivity contribution < 1.29 is 24.2 Å². The summed E-state index contributed by atoms with van der Waals surface area (Å²) in [5, 5.41) is 19.6. The SMILES string of the molecule is O=C(NCC[C@H](O)C(=O)O)c1ccc(Cl)c(F)c1. The van der Waals surface area contributed by atoms with Crippen LogP contribution in [0.4, 0.5) is 4.39 Å². The summed E-state index contributed by atoms with van der Waals surface area (Å²) in [5.41, 5.74) is 0.0710. The summed E-state index contributed by atoms with van der Waals surface area (Å²) >= 11 is 5.46. The second-order valence-electron chi connectivity index (χ2n) is 3.53. The lowest BCUT2D eigenvalue weighted by Gasteiger charge is -2.07. The average molecular weight is 276 g/mol. The summed E-state index contributed by atoms with van der Waals surface area (Å²) in [7, 11) is 0. The Morgan fingerprint density at radius 2 is 2.11 bits per heavy atom. The second kappa shape index (κ2) is 6.32. The Bertz CT molecular complexity index is 466. The van der Waals surface area contributed by atoms with Crippen molar-refractivity contribution in [3.8, 4) is 0 Å². The Morgan fingerprint density at radius 1 is 1.44 bits per heavy atom. The van der Waals surface area contributed by atoms with Crippen LogP contribution in [-0.4, -0.2) is 34.7 Å². The van der Waals surface area contributed by atoms with Gasteiger partial charge in [0.15, 0.2) is 6.10 Å². The van der Waals surface area contributed by atoms with Crippen LogP contribution in [-0.2, 0) is 4.79 Å². The van der Waals surface area contributed by atoms with Gasteiger partial charge in [0.05, 0.1) is 5.02 Å². The topological polar surface area (TPSA) is 86.6 Å². The van der Waals surface area contributed by atoms with Crippen molar-refractivity contribution in [1.82, 2.24) is 5.32 Å². The van der Waals surface area contributed by atoms with Crippen LogP contribution in [0.2, 0.25) is 5.02 Å². The summed E-state index contributed by atoms with van der Waals surface area (Å²) in [6.45, 7) is -0.0312. The van der Waals surface area contributed by atoms with Gasteiger partial charge in [-0.25, -0.2) is 9.18 Å². The molecule has 0 saturated heterocycles. The van der Waals surface area contributed by atoms with Gasteiger partial charge in [-0.1, -0.05) is 11.6 Å². The molecule has 18 heavy (non-hydrogen) atoms. The highest BCUT2D eigenvalue weighted by molar-refractivity contribution is 6.30. The molecule has 3 N–H and O–H groups in total. The molecule has 0 aromatic heterocycles. The van der Waals surface area contributed by atoms with E-state index in [1.165, 1.54) is 12.1 Å². The Balaban J connectivity index is 2.50. The van der Waals surface area contributed by atoms with Crippen LogP contribution in [0, 0.1) is 5.82 Å². The van der Waals surface area contributed by atoms with Crippen LogP contribution in [0.3, 0.4) is 0 Å².